The van der Waals surface area contributed by atoms with Gasteiger partial charge in [-0.05, 0) is 24.6 Å². The number of carbonyl (C=O) groups excluding carboxylic acids is 1. The number of Topliss-reactive ketones (excluding diaryl/α,β-unsaturated/α-hetero) is 1. The predicted octanol–water partition coefficient (Wildman–Crippen LogP) is -1.43. The molecule has 2 saturated heterocycles. The molecule has 2 aromatic rings. The van der Waals surface area contributed by atoms with Crippen LogP contribution in [0.25, 0.3) is 0 Å². The highest BCUT2D eigenvalue weighted by Gasteiger charge is 2.51. The van der Waals surface area contributed by atoms with Crippen molar-refractivity contribution < 1.29 is 70.1 Å². The summed E-state index contributed by atoms with van der Waals surface area (Å²) < 4.78 is 17.4. The molecule has 0 spiro atoms. The van der Waals surface area contributed by atoms with Crippen molar-refractivity contribution in [2.45, 2.75) is 80.5 Å². The molecule has 41 heavy (non-hydrogen) atoms. The fourth-order valence-corrected chi connectivity index (χ4v) is 5.62. The number of ketones is 1. The number of rotatable bonds is 4. The van der Waals surface area contributed by atoms with Crippen molar-refractivity contribution in [2.24, 2.45) is 0 Å². The summed E-state index contributed by atoms with van der Waals surface area (Å²) in [7, 11) is 0. The van der Waals surface area contributed by atoms with Crippen molar-refractivity contribution in [2.75, 3.05) is 6.61 Å². The number of ether oxygens (including phenoxy) is 3. The van der Waals surface area contributed by atoms with Crippen LogP contribution in [0, 0.1) is 0 Å². The standard InChI is InChI=1S/C27H32O14/c1-8-17(31)21(35)23(37)27(39-8)16-20(34)15(26-24(38)22(36)18(32)13(7-28)41-26)19(33)14-11(30)6-12(40-25(14)16)9-2-4-10(29)5-3-9/h2-5,8,12-13,17-18,21-24,26-29,31-38H,6-7H2,1H3/t8-,12+,13-,17+,18-,21+,22-,23+,24-,26+,27+/m1/s1. The number of benzene rings is 2. The molecule has 0 amide bonds. The van der Waals surface area contributed by atoms with Gasteiger partial charge >= 0.3 is 0 Å². The molecule has 2 aromatic carbocycles. The fourth-order valence-electron chi connectivity index (χ4n) is 5.62. The van der Waals surface area contributed by atoms with Crippen LogP contribution in [0.5, 0.6) is 23.0 Å². The Morgan fingerprint density at radius 3 is 1.95 bits per heavy atom. The highest BCUT2D eigenvalue weighted by molar-refractivity contribution is 6.04. The zero-order chi connectivity index (χ0) is 29.9. The zero-order valence-electron chi connectivity index (χ0n) is 21.7. The second kappa shape index (κ2) is 11.0. The van der Waals surface area contributed by atoms with E-state index in [9.17, 15) is 55.9 Å². The van der Waals surface area contributed by atoms with E-state index < -0.39 is 113 Å². The summed E-state index contributed by atoms with van der Waals surface area (Å²) in [5, 5.41) is 105. The summed E-state index contributed by atoms with van der Waals surface area (Å²) in [6, 6.07) is 5.72. The second-order valence-electron chi connectivity index (χ2n) is 10.5. The van der Waals surface area contributed by atoms with E-state index in [1.165, 1.54) is 31.2 Å². The summed E-state index contributed by atoms with van der Waals surface area (Å²) in [5.74, 6) is -2.95. The monoisotopic (exact) mass is 580 g/mol. The quantitative estimate of drug-likeness (QED) is 0.199. The molecule has 224 valence electrons. The molecular weight excluding hydrogens is 548 g/mol. The zero-order valence-corrected chi connectivity index (χ0v) is 21.7. The van der Waals surface area contributed by atoms with E-state index in [0.717, 1.165) is 0 Å². The Morgan fingerprint density at radius 1 is 0.756 bits per heavy atom. The molecule has 3 heterocycles. The number of hydrogen-bond donors (Lipinski definition) is 10. The Bertz CT molecular complexity index is 1300. The molecule has 11 atom stereocenters. The summed E-state index contributed by atoms with van der Waals surface area (Å²) in [5.41, 5.74) is -1.09. The van der Waals surface area contributed by atoms with Crippen molar-refractivity contribution >= 4 is 5.78 Å². The van der Waals surface area contributed by atoms with Gasteiger partial charge in [0.05, 0.1) is 30.3 Å². The molecule has 14 heteroatoms. The molecule has 0 unspecified atom stereocenters. The molecule has 10 N–H and O–H groups in total. The van der Waals surface area contributed by atoms with Crippen molar-refractivity contribution in [3.8, 4) is 23.0 Å². The molecule has 0 bridgehead atoms. The maximum absolute atomic E-state index is 13.5. The molecule has 3 aliphatic heterocycles. The first-order valence-corrected chi connectivity index (χ1v) is 13.0. The molecule has 3 aliphatic rings. The molecule has 5 rings (SSSR count). The van der Waals surface area contributed by atoms with Crippen LogP contribution in [0.4, 0.5) is 0 Å². The summed E-state index contributed by atoms with van der Waals surface area (Å²) in [4.78, 5) is 13.5. The normalized spacial score (nSPS) is 37.4. The van der Waals surface area contributed by atoms with Gasteiger partial charge in [0.25, 0.3) is 0 Å². The van der Waals surface area contributed by atoms with Crippen LogP contribution in [0.1, 0.15) is 58.7 Å². The third-order valence-electron chi connectivity index (χ3n) is 7.96. The molecule has 14 nitrogen and oxygen atoms in total. The minimum Gasteiger partial charge on any atom is -0.508 e. The topological polar surface area (TPSA) is 247 Å². The molecule has 0 saturated carbocycles. The van der Waals surface area contributed by atoms with Gasteiger partial charge in [-0.15, -0.1) is 0 Å². The molecule has 0 aliphatic carbocycles. The lowest BCUT2D eigenvalue weighted by Gasteiger charge is -2.43. The van der Waals surface area contributed by atoms with Crippen molar-refractivity contribution in [1.29, 1.82) is 0 Å². The van der Waals surface area contributed by atoms with Crippen LogP contribution in [0.2, 0.25) is 0 Å². The molecule has 0 aromatic heterocycles. The average Bonchev–Trinajstić information content (AvgIpc) is 2.94. The van der Waals surface area contributed by atoms with Crippen molar-refractivity contribution in [3.05, 3.63) is 46.5 Å². The Labute approximate surface area is 232 Å². The minimum atomic E-state index is -1.97. The number of fused-ring (bicyclic) bond motifs is 1. The van der Waals surface area contributed by atoms with E-state index in [0.29, 0.717) is 5.56 Å². The van der Waals surface area contributed by atoms with E-state index in [1.54, 1.807) is 0 Å². The van der Waals surface area contributed by atoms with Crippen LogP contribution in [-0.4, -0.2) is 112 Å². The number of aliphatic hydroxyl groups excluding tert-OH is 7. The third-order valence-corrected chi connectivity index (χ3v) is 7.96. The maximum atomic E-state index is 13.5. The Morgan fingerprint density at radius 2 is 1.34 bits per heavy atom. The first kappa shape index (κ1) is 29.4. The molecular formula is C27H32O14. The first-order chi connectivity index (χ1) is 19.4. The van der Waals surface area contributed by atoms with Gasteiger partial charge in [-0.25, -0.2) is 0 Å². The second-order valence-corrected chi connectivity index (χ2v) is 10.5. The number of aromatic hydroxyl groups is 3. The molecule has 2 fully saturated rings. The van der Waals surface area contributed by atoms with Crippen LogP contribution >= 0.6 is 0 Å². The third kappa shape index (κ3) is 4.80. The van der Waals surface area contributed by atoms with Gasteiger partial charge in [-0.3, -0.25) is 4.79 Å². The lowest BCUT2D eigenvalue weighted by Crippen LogP contribution is -2.55. The van der Waals surface area contributed by atoms with E-state index in [-0.39, 0.29) is 12.2 Å². The highest BCUT2D eigenvalue weighted by Crippen LogP contribution is 2.55. The Balaban J connectivity index is 1.72. The highest BCUT2D eigenvalue weighted by atomic mass is 16.6. The number of phenolic OH excluding ortho intramolecular Hbond substituents is 3. The predicted molar refractivity (Wildman–Crippen MR) is 134 cm³/mol. The van der Waals surface area contributed by atoms with Crippen molar-refractivity contribution in [3.63, 3.8) is 0 Å². The molecule has 0 radical (unpaired) electrons. The Hall–Kier alpha value is -3.05. The number of carbonyl (C=O) groups is 1. The summed E-state index contributed by atoms with van der Waals surface area (Å²) >= 11 is 0. The lowest BCUT2D eigenvalue weighted by molar-refractivity contribution is -0.232. The van der Waals surface area contributed by atoms with E-state index >= 15 is 0 Å². The van der Waals surface area contributed by atoms with Crippen LogP contribution < -0.4 is 4.74 Å². The number of phenols is 3. The van der Waals surface area contributed by atoms with Gasteiger partial charge in [0.1, 0.15) is 89.6 Å². The van der Waals surface area contributed by atoms with Gasteiger partial charge in [0.15, 0.2) is 5.78 Å². The SMILES string of the molecule is C[C@H]1O[C@@H](c2c(O)c([C@@H]3O[C@H](CO)[C@@H](O)[C@@H](O)[C@H]3O)c(O)c3c2O[C@H](c2ccc(O)cc2)CC3=O)[C@@H](O)[C@@H](O)[C@H]1O. The lowest BCUT2D eigenvalue weighted by atomic mass is 9.82. The van der Waals surface area contributed by atoms with Gasteiger partial charge < -0.3 is 65.3 Å². The van der Waals surface area contributed by atoms with Gasteiger partial charge in [0.2, 0.25) is 0 Å². The van der Waals surface area contributed by atoms with Crippen LogP contribution in [0.15, 0.2) is 24.3 Å². The van der Waals surface area contributed by atoms with Gasteiger partial charge in [-0.1, -0.05) is 12.1 Å². The summed E-state index contributed by atoms with van der Waals surface area (Å²) in [6.07, 6.45) is -18.1. The number of aliphatic hydroxyl groups is 7. The first-order valence-electron chi connectivity index (χ1n) is 13.0. The van der Waals surface area contributed by atoms with E-state index in [4.69, 9.17) is 14.2 Å². The minimum absolute atomic E-state index is 0.0447. The Kier molecular flexibility index (Phi) is 7.88. The van der Waals surface area contributed by atoms with E-state index in [2.05, 4.69) is 0 Å². The van der Waals surface area contributed by atoms with Gasteiger partial charge in [0, 0.05) is 0 Å². The maximum Gasteiger partial charge on any atom is 0.174 e. The van der Waals surface area contributed by atoms with Crippen molar-refractivity contribution in [1.82, 2.24) is 0 Å². The van der Waals surface area contributed by atoms with Gasteiger partial charge in [-0.2, -0.15) is 0 Å². The average molecular weight is 581 g/mol. The van der Waals surface area contributed by atoms with Crippen LogP contribution in [-0.2, 0) is 9.47 Å². The summed E-state index contributed by atoms with van der Waals surface area (Å²) in [6.45, 7) is 0.573. The fraction of sp³-hybridized carbons (Fsp3) is 0.519. The van der Waals surface area contributed by atoms with E-state index in [1.807, 2.05) is 0 Å². The largest absolute Gasteiger partial charge is 0.508 e. The smallest absolute Gasteiger partial charge is 0.174 e. The van der Waals surface area contributed by atoms with Crippen LogP contribution in [0.3, 0.4) is 0 Å². The number of hydrogen-bond acceptors (Lipinski definition) is 14.